The molecule has 0 aliphatic heterocycles. The lowest BCUT2D eigenvalue weighted by Gasteiger charge is -2.13. The molecular formula is C22H21NO3S. The summed E-state index contributed by atoms with van der Waals surface area (Å²) in [6.45, 7) is 2.01. The van der Waals surface area contributed by atoms with Gasteiger partial charge in [0, 0.05) is 23.5 Å². The lowest BCUT2D eigenvalue weighted by atomic mass is 9.92. The third kappa shape index (κ3) is 3.70. The Kier molecular flexibility index (Phi) is 4.89. The zero-order valence-electron chi connectivity index (χ0n) is 15.4. The maximum Gasteiger partial charge on any atom is 0.198 e. The minimum atomic E-state index is -1.08. The van der Waals surface area contributed by atoms with Crippen molar-refractivity contribution in [1.29, 1.82) is 0 Å². The highest BCUT2D eigenvalue weighted by atomic mass is 32.2. The fourth-order valence-corrected chi connectivity index (χ4v) is 4.21. The van der Waals surface area contributed by atoms with E-state index in [4.69, 9.17) is 4.52 Å². The first-order valence-electron chi connectivity index (χ1n) is 9.04. The summed E-state index contributed by atoms with van der Waals surface area (Å²) in [7, 11) is 0. The second-order valence-electron chi connectivity index (χ2n) is 7.11. The van der Waals surface area contributed by atoms with Crippen LogP contribution >= 0.6 is 0 Å². The number of aromatic nitrogens is 1. The van der Waals surface area contributed by atoms with Crippen molar-refractivity contribution in [2.45, 2.75) is 37.0 Å². The van der Waals surface area contributed by atoms with Crippen LogP contribution in [0.3, 0.4) is 0 Å². The lowest BCUT2D eigenvalue weighted by molar-refractivity contribution is 0.103. The standard InChI is InChI=1S/C22H21NO3S/c1-14-7-10-18(21(24)19-13-23-26-22(19)15-8-9-15)17(11-14)12-16-5-3-4-6-20(16)27(2)25/h3-7,10-11,13,15H,8-9,12H2,1-2H3. The molecule has 1 saturated carbocycles. The Labute approximate surface area is 161 Å². The molecule has 1 aliphatic rings. The number of carbonyl (C=O) groups excluding carboxylic acids is 1. The second-order valence-corrected chi connectivity index (χ2v) is 8.45. The van der Waals surface area contributed by atoms with Crippen molar-refractivity contribution in [1.82, 2.24) is 5.16 Å². The molecule has 1 unspecified atom stereocenters. The largest absolute Gasteiger partial charge is 0.612 e. The molecule has 4 rings (SSSR count). The monoisotopic (exact) mass is 379 g/mol. The Bertz CT molecular complexity index is 989. The van der Waals surface area contributed by atoms with Gasteiger partial charge in [-0.1, -0.05) is 47.1 Å². The Morgan fingerprint density at radius 2 is 1.96 bits per heavy atom. The quantitative estimate of drug-likeness (QED) is 0.470. The van der Waals surface area contributed by atoms with Crippen molar-refractivity contribution in [3.8, 4) is 0 Å². The number of benzene rings is 2. The maximum atomic E-state index is 13.2. The molecule has 0 radical (unpaired) electrons. The van der Waals surface area contributed by atoms with E-state index in [0.717, 1.165) is 34.4 Å². The molecule has 1 heterocycles. The smallest absolute Gasteiger partial charge is 0.198 e. The first-order valence-corrected chi connectivity index (χ1v) is 10.6. The van der Waals surface area contributed by atoms with E-state index in [1.807, 2.05) is 49.4 Å². The number of hydrogen-bond acceptors (Lipinski definition) is 4. The van der Waals surface area contributed by atoms with Crippen molar-refractivity contribution in [2.24, 2.45) is 0 Å². The van der Waals surface area contributed by atoms with E-state index < -0.39 is 11.2 Å². The van der Waals surface area contributed by atoms with Crippen molar-refractivity contribution in [2.75, 3.05) is 6.26 Å². The Hall–Kier alpha value is -2.37. The van der Waals surface area contributed by atoms with Crippen LogP contribution in [0.25, 0.3) is 0 Å². The summed E-state index contributed by atoms with van der Waals surface area (Å²) >= 11 is -1.08. The van der Waals surface area contributed by atoms with Crippen LogP contribution in [0.15, 0.2) is 58.1 Å². The Morgan fingerprint density at radius 3 is 2.70 bits per heavy atom. The average molecular weight is 379 g/mol. The van der Waals surface area contributed by atoms with Gasteiger partial charge >= 0.3 is 0 Å². The summed E-state index contributed by atoms with van der Waals surface area (Å²) in [6, 6.07) is 13.5. The first kappa shape index (κ1) is 18.0. The fourth-order valence-electron chi connectivity index (χ4n) is 3.43. The highest BCUT2D eigenvalue weighted by Crippen LogP contribution is 2.42. The summed E-state index contributed by atoms with van der Waals surface area (Å²) in [5.74, 6) is 0.980. The molecule has 1 fully saturated rings. The van der Waals surface area contributed by atoms with Crippen LogP contribution in [0, 0.1) is 6.92 Å². The SMILES string of the molecule is Cc1ccc(C(=O)c2cnoc2C2CC2)c(Cc2ccccc2[S+](C)[O-])c1. The van der Waals surface area contributed by atoms with Crippen molar-refractivity contribution < 1.29 is 13.9 Å². The van der Waals surface area contributed by atoms with E-state index in [1.54, 1.807) is 6.26 Å². The van der Waals surface area contributed by atoms with E-state index in [-0.39, 0.29) is 5.78 Å². The Balaban J connectivity index is 1.73. The maximum absolute atomic E-state index is 13.2. The van der Waals surface area contributed by atoms with E-state index >= 15 is 0 Å². The average Bonchev–Trinajstić information content (AvgIpc) is 3.38. The molecule has 4 nitrogen and oxygen atoms in total. The summed E-state index contributed by atoms with van der Waals surface area (Å²) in [6.07, 6.45) is 5.87. The van der Waals surface area contributed by atoms with Gasteiger partial charge < -0.3 is 9.08 Å². The first-order chi connectivity index (χ1) is 13.0. The van der Waals surface area contributed by atoms with Gasteiger partial charge in [-0.2, -0.15) is 0 Å². The van der Waals surface area contributed by atoms with Crippen molar-refractivity contribution in [3.63, 3.8) is 0 Å². The highest BCUT2D eigenvalue weighted by Gasteiger charge is 2.33. The molecule has 138 valence electrons. The molecule has 5 heteroatoms. The van der Waals surface area contributed by atoms with Gasteiger partial charge in [0.05, 0.1) is 11.8 Å². The summed E-state index contributed by atoms with van der Waals surface area (Å²) in [5.41, 5.74) is 4.22. The third-order valence-corrected chi connectivity index (χ3v) is 5.98. The highest BCUT2D eigenvalue weighted by molar-refractivity contribution is 7.90. The van der Waals surface area contributed by atoms with Gasteiger partial charge in [0.15, 0.2) is 16.4 Å². The summed E-state index contributed by atoms with van der Waals surface area (Å²) in [4.78, 5) is 14.0. The van der Waals surface area contributed by atoms with Gasteiger partial charge in [0.1, 0.15) is 6.26 Å². The second kappa shape index (κ2) is 7.33. The lowest BCUT2D eigenvalue weighted by Crippen LogP contribution is -2.09. The van der Waals surface area contributed by atoms with Crippen LogP contribution in [0.5, 0.6) is 0 Å². The van der Waals surface area contributed by atoms with Crippen LogP contribution in [0.2, 0.25) is 0 Å². The van der Waals surface area contributed by atoms with Crippen molar-refractivity contribution >= 4 is 17.0 Å². The molecule has 0 saturated heterocycles. The molecule has 0 spiro atoms. The molecule has 0 amide bonds. The minimum absolute atomic E-state index is 0.0525. The van der Waals surface area contributed by atoms with Gasteiger partial charge in [0.2, 0.25) is 0 Å². The van der Waals surface area contributed by atoms with Gasteiger partial charge in [-0.25, -0.2) is 0 Å². The number of ketones is 1. The normalized spacial score (nSPS) is 14.9. The molecular weight excluding hydrogens is 358 g/mol. The molecule has 1 aromatic heterocycles. The molecule has 3 aromatic rings. The molecule has 0 bridgehead atoms. The van der Waals surface area contributed by atoms with Crippen LogP contribution in [0.1, 0.15) is 57.1 Å². The third-order valence-electron chi connectivity index (χ3n) is 4.96. The molecule has 1 aliphatic carbocycles. The summed E-state index contributed by atoms with van der Waals surface area (Å²) < 4.78 is 17.4. The van der Waals surface area contributed by atoms with E-state index in [1.165, 1.54) is 6.20 Å². The van der Waals surface area contributed by atoms with Crippen molar-refractivity contribution in [3.05, 3.63) is 82.2 Å². The number of carbonyl (C=O) groups is 1. The van der Waals surface area contributed by atoms with Crippen LogP contribution in [-0.2, 0) is 17.6 Å². The van der Waals surface area contributed by atoms with E-state index in [9.17, 15) is 9.35 Å². The van der Waals surface area contributed by atoms with Gasteiger partial charge in [-0.05, 0) is 42.6 Å². The molecule has 1 atom stereocenters. The Morgan fingerprint density at radius 1 is 1.19 bits per heavy atom. The predicted molar refractivity (Wildman–Crippen MR) is 105 cm³/mol. The van der Waals surface area contributed by atoms with E-state index in [0.29, 0.717) is 29.2 Å². The fraction of sp³-hybridized carbons (Fsp3) is 0.273. The summed E-state index contributed by atoms with van der Waals surface area (Å²) in [5, 5.41) is 3.86. The number of nitrogens with zero attached hydrogens (tertiary/aromatic N) is 1. The topological polar surface area (TPSA) is 66.2 Å². The molecule has 0 N–H and O–H groups in total. The van der Waals surface area contributed by atoms with Gasteiger partial charge in [-0.3, -0.25) is 4.79 Å². The van der Waals surface area contributed by atoms with Crippen LogP contribution < -0.4 is 0 Å². The zero-order chi connectivity index (χ0) is 19.0. The number of aryl methyl sites for hydroxylation is 1. The zero-order valence-corrected chi connectivity index (χ0v) is 16.2. The molecule has 27 heavy (non-hydrogen) atoms. The number of rotatable bonds is 6. The van der Waals surface area contributed by atoms with Gasteiger partial charge in [0.25, 0.3) is 0 Å². The number of hydrogen-bond donors (Lipinski definition) is 0. The van der Waals surface area contributed by atoms with Gasteiger partial charge in [-0.15, -0.1) is 0 Å². The van der Waals surface area contributed by atoms with E-state index in [2.05, 4.69) is 5.16 Å². The molecule has 2 aromatic carbocycles. The predicted octanol–water partition coefficient (Wildman–Crippen LogP) is 4.42. The minimum Gasteiger partial charge on any atom is -0.612 e. The van der Waals surface area contributed by atoms with Crippen LogP contribution in [-0.4, -0.2) is 21.7 Å². The van der Waals surface area contributed by atoms with Crippen LogP contribution in [0.4, 0.5) is 0 Å².